The maximum Gasteiger partial charge on any atom is 0.127 e. The Bertz CT molecular complexity index is 962. The van der Waals surface area contributed by atoms with E-state index in [1.54, 1.807) is 0 Å². The third-order valence-corrected chi connectivity index (χ3v) is 7.92. The molecular formula is C31H44O2. The molecule has 1 aromatic rings. The minimum Gasteiger partial charge on any atom is -0.507 e. The summed E-state index contributed by atoms with van der Waals surface area (Å²) in [5.41, 5.74) is 7.77. The molecule has 0 saturated carbocycles. The van der Waals surface area contributed by atoms with E-state index in [0.717, 1.165) is 68.1 Å². The first-order valence-corrected chi connectivity index (χ1v) is 12.9. The molecule has 0 heterocycles. The minimum atomic E-state index is -0.0448. The number of hydrogen-bond donors (Lipinski definition) is 2. The van der Waals surface area contributed by atoms with Crippen molar-refractivity contribution in [1.29, 1.82) is 0 Å². The Morgan fingerprint density at radius 3 is 1.88 bits per heavy atom. The van der Waals surface area contributed by atoms with Crippen LogP contribution in [0.3, 0.4) is 0 Å². The molecule has 0 amide bonds. The fourth-order valence-corrected chi connectivity index (χ4v) is 6.02. The van der Waals surface area contributed by atoms with Crippen molar-refractivity contribution in [2.24, 2.45) is 11.8 Å². The number of hydrogen-bond acceptors (Lipinski definition) is 2. The highest BCUT2D eigenvalue weighted by atomic mass is 16.3. The Morgan fingerprint density at radius 1 is 0.879 bits per heavy atom. The fourth-order valence-electron chi connectivity index (χ4n) is 6.02. The van der Waals surface area contributed by atoms with Crippen LogP contribution in [0, 0.1) is 11.8 Å². The molecular weight excluding hydrogens is 404 g/mol. The largest absolute Gasteiger partial charge is 0.507 e. The second kappa shape index (κ2) is 10.8. The highest BCUT2D eigenvalue weighted by molar-refractivity contribution is 5.59. The van der Waals surface area contributed by atoms with Crippen LogP contribution in [-0.2, 0) is 6.42 Å². The highest BCUT2D eigenvalue weighted by Gasteiger charge is 2.35. The van der Waals surface area contributed by atoms with E-state index in [4.69, 9.17) is 0 Å². The van der Waals surface area contributed by atoms with Gasteiger partial charge in [-0.05, 0) is 89.7 Å². The van der Waals surface area contributed by atoms with Gasteiger partial charge in [0, 0.05) is 23.0 Å². The monoisotopic (exact) mass is 448 g/mol. The molecule has 2 aliphatic rings. The van der Waals surface area contributed by atoms with Crippen molar-refractivity contribution in [3.63, 3.8) is 0 Å². The van der Waals surface area contributed by atoms with E-state index in [0.29, 0.717) is 17.2 Å². The molecule has 1 aromatic carbocycles. The molecule has 2 nitrogen and oxygen atoms in total. The first kappa shape index (κ1) is 25.4. The van der Waals surface area contributed by atoms with Crippen LogP contribution >= 0.6 is 0 Å². The normalized spacial score (nSPS) is 25.4. The summed E-state index contributed by atoms with van der Waals surface area (Å²) < 4.78 is 0. The number of aryl methyl sites for hydroxylation is 1. The van der Waals surface area contributed by atoms with Gasteiger partial charge in [-0.15, -0.1) is 0 Å². The van der Waals surface area contributed by atoms with E-state index < -0.39 is 0 Å². The van der Waals surface area contributed by atoms with Gasteiger partial charge in [-0.2, -0.15) is 0 Å². The van der Waals surface area contributed by atoms with E-state index in [-0.39, 0.29) is 23.5 Å². The van der Waals surface area contributed by atoms with Gasteiger partial charge >= 0.3 is 0 Å². The standard InChI is InChI=1S/C31H44O2/c1-8-9-10-11-23-18-28(32)30(27-17-22(7)13-15-25(27)20(4)5)31(33)29(23)26-16-21(6)12-14-24(26)19(2)3/h16-18,24-27,32-33H,2,4,8-15H2,1,3,5-7H3/t24-,25+,26+,27-/m1/s1. The average molecular weight is 449 g/mol. The van der Waals surface area contributed by atoms with Crippen molar-refractivity contribution in [1.82, 2.24) is 0 Å². The van der Waals surface area contributed by atoms with Crippen LogP contribution in [0.25, 0.3) is 0 Å². The van der Waals surface area contributed by atoms with Gasteiger partial charge in [-0.1, -0.05) is 67.4 Å². The lowest BCUT2D eigenvalue weighted by atomic mass is 9.69. The topological polar surface area (TPSA) is 40.5 Å². The van der Waals surface area contributed by atoms with Crippen LogP contribution in [0.5, 0.6) is 11.5 Å². The van der Waals surface area contributed by atoms with E-state index >= 15 is 0 Å². The summed E-state index contributed by atoms with van der Waals surface area (Å²) in [6.45, 7) is 19.3. The van der Waals surface area contributed by atoms with Crippen LogP contribution in [0.2, 0.25) is 0 Å². The lowest BCUT2D eigenvalue weighted by Crippen LogP contribution is -2.21. The second-order valence-corrected chi connectivity index (χ2v) is 10.7. The second-order valence-electron chi connectivity index (χ2n) is 10.7. The predicted octanol–water partition coefficient (Wildman–Crippen LogP) is 8.86. The number of benzene rings is 1. The molecule has 2 heteroatoms. The molecule has 0 aliphatic heterocycles. The number of phenols is 2. The number of aromatic hydroxyl groups is 2. The fraction of sp³-hybridized carbons (Fsp3) is 0.548. The molecule has 0 spiro atoms. The summed E-state index contributed by atoms with van der Waals surface area (Å²) >= 11 is 0. The van der Waals surface area contributed by atoms with Crippen LogP contribution in [0.1, 0.15) is 108 Å². The van der Waals surface area contributed by atoms with Gasteiger partial charge in [-0.25, -0.2) is 0 Å². The Labute approximate surface area is 201 Å². The lowest BCUT2D eigenvalue weighted by Gasteiger charge is -2.35. The van der Waals surface area contributed by atoms with Crippen LogP contribution in [0.15, 0.2) is 53.7 Å². The van der Waals surface area contributed by atoms with Gasteiger partial charge in [0.25, 0.3) is 0 Å². The van der Waals surface area contributed by atoms with Crippen molar-refractivity contribution in [2.45, 2.75) is 97.8 Å². The molecule has 4 atom stereocenters. The van der Waals surface area contributed by atoms with Crippen LogP contribution in [-0.4, -0.2) is 10.2 Å². The molecule has 3 rings (SSSR count). The van der Waals surface area contributed by atoms with Gasteiger partial charge in [0.1, 0.15) is 11.5 Å². The van der Waals surface area contributed by atoms with E-state index in [9.17, 15) is 10.2 Å². The third kappa shape index (κ3) is 5.48. The molecule has 180 valence electrons. The minimum absolute atomic E-state index is 0.0448. The first-order chi connectivity index (χ1) is 15.6. The zero-order chi connectivity index (χ0) is 24.3. The van der Waals surface area contributed by atoms with Crippen LogP contribution in [0.4, 0.5) is 0 Å². The van der Waals surface area contributed by atoms with Gasteiger partial charge in [-0.3, -0.25) is 0 Å². The maximum absolute atomic E-state index is 11.9. The molecule has 0 saturated heterocycles. The first-order valence-electron chi connectivity index (χ1n) is 12.9. The van der Waals surface area contributed by atoms with E-state index in [1.165, 1.54) is 16.7 Å². The zero-order valence-corrected chi connectivity index (χ0v) is 21.5. The Kier molecular flexibility index (Phi) is 8.32. The molecule has 0 bridgehead atoms. The van der Waals surface area contributed by atoms with Crippen LogP contribution < -0.4 is 0 Å². The summed E-state index contributed by atoms with van der Waals surface area (Å²) in [4.78, 5) is 0. The number of rotatable bonds is 8. The number of unbranched alkanes of at least 4 members (excludes halogenated alkanes) is 2. The average Bonchev–Trinajstić information content (AvgIpc) is 2.73. The molecule has 0 radical (unpaired) electrons. The van der Waals surface area contributed by atoms with E-state index in [1.807, 2.05) is 6.07 Å². The summed E-state index contributed by atoms with van der Waals surface area (Å²) in [5.74, 6) is 1.12. The maximum atomic E-state index is 11.9. The summed E-state index contributed by atoms with van der Waals surface area (Å²) in [7, 11) is 0. The summed E-state index contributed by atoms with van der Waals surface area (Å²) in [5, 5.41) is 23.2. The Morgan fingerprint density at radius 2 is 1.39 bits per heavy atom. The number of phenolic OH excluding ortho intramolecular Hbond substituents is 2. The third-order valence-electron chi connectivity index (χ3n) is 7.92. The zero-order valence-electron chi connectivity index (χ0n) is 21.5. The lowest BCUT2D eigenvalue weighted by molar-refractivity contribution is 0.393. The van der Waals surface area contributed by atoms with Gasteiger partial charge < -0.3 is 10.2 Å². The molecule has 0 fully saturated rings. The summed E-state index contributed by atoms with van der Waals surface area (Å²) in [6, 6.07) is 1.96. The van der Waals surface area contributed by atoms with Crippen molar-refractivity contribution in [3.05, 3.63) is 70.4 Å². The Hall–Kier alpha value is -2.22. The van der Waals surface area contributed by atoms with Gasteiger partial charge in [0.15, 0.2) is 0 Å². The van der Waals surface area contributed by atoms with Gasteiger partial charge in [0.2, 0.25) is 0 Å². The van der Waals surface area contributed by atoms with Crippen molar-refractivity contribution < 1.29 is 10.2 Å². The molecule has 0 aromatic heterocycles. The van der Waals surface area contributed by atoms with E-state index in [2.05, 4.69) is 59.9 Å². The summed E-state index contributed by atoms with van der Waals surface area (Å²) in [6.07, 6.45) is 13.0. The van der Waals surface area contributed by atoms with Crippen molar-refractivity contribution in [3.8, 4) is 11.5 Å². The number of allylic oxidation sites excluding steroid dienone is 6. The van der Waals surface area contributed by atoms with Crippen molar-refractivity contribution >= 4 is 0 Å². The molecule has 33 heavy (non-hydrogen) atoms. The quantitative estimate of drug-likeness (QED) is 0.308. The smallest absolute Gasteiger partial charge is 0.127 e. The molecule has 0 unspecified atom stereocenters. The predicted molar refractivity (Wildman–Crippen MR) is 141 cm³/mol. The highest BCUT2D eigenvalue weighted by Crippen LogP contribution is 2.52. The SMILES string of the molecule is C=C(C)[C@H]1CCC(C)=C[C@@H]1c1c(CCCCC)cc(O)c([C@@H]2C=C(C)CC[C@H]2C(=C)C)c1O. The molecule has 2 N–H and O–H groups in total. The Balaban J connectivity index is 2.23. The van der Waals surface area contributed by atoms with Gasteiger partial charge in [0.05, 0.1) is 0 Å². The van der Waals surface area contributed by atoms with Crippen molar-refractivity contribution in [2.75, 3.05) is 0 Å². The molecule has 2 aliphatic carbocycles.